The summed E-state index contributed by atoms with van der Waals surface area (Å²) in [6.45, 7) is 2.36. The van der Waals surface area contributed by atoms with Gasteiger partial charge in [0.25, 0.3) is 5.91 Å². The van der Waals surface area contributed by atoms with Crippen molar-refractivity contribution in [2.45, 2.75) is 19.0 Å². The normalized spacial score (nSPS) is 24.6. The molecule has 2 aliphatic rings. The summed E-state index contributed by atoms with van der Waals surface area (Å²) in [6.07, 6.45) is 0. The summed E-state index contributed by atoms with van der Waals surface area (Å²) in [7, 11) is -3.16. The van der Waals surface area contributed by atoms with E-state index in [0.29, 0.717) is 13.1 Å². The molecule has 2 heterocycles. The smallest absolute Gasteiger partial charge is 0.339 e. The molecule has 0 saturated carbocycles. The SMILES string of the molecule is Cc1ccc(OCC(=O)N2CCN[C@@H]3CS(=O)(=O)C[C@@H]32)c(C(=O)O)c1. The number of fused-ring (bicyclic) bond motifs is 1. The Kier molecular flexibility index (Phi) is 4.70. The Morgan fingerprint density at radius 2 is 2.12 bits per heavy atom. The molecule has 0 spiro atoms. The highest BCUT2D eigenvalue weighted by Gasteiger charge is 2.44. The van der Waals surface area contributed by atoms with E-state index in [1.807, 2.05) is 0 Å². The number of ether oxygens (including phenoxy) is 1. The van der Waals surface area contributed by atoms with Crippen LogP contribution in [0.25, 0.3) is 0 Å². The van der Waals surface area contributed by atoms with E-state index < -0.39 is 21.8 Å². The van der Waals surface area contributed by atoms with Crippen LogP contribution >= 0.6 is 0 Å². The Bertz CT molecular complexity index is 807. The number of amides is 1. The molecule has 0 aromatic heterocycles. The summed E-state index contributed by atoms with van der Waals surface area (Å²) in [6, 6.07) is 4.05. The monoisotopic (exact) mass is 368 g/mol. The summed E-state index contributed by atoms with van der Waals surface area (Å²) >= 11 is 0. The molecule has 1 aromatic rings. The number of aromatic carboxylic acids is 1. The van der Waals surface area contributed by atoms with Gasteiger partial charge in [0, 0.05) is 19.1 Å². The average Bonchev–Trinajstić information content (AvgIpc) is 2.86. The van der Waals surface area contributed by atoms with Crippen molar-refractivity contribution in [3.8, 4) is 5.75 Å². The number of hydrogen-bond acceptors (Lipinski definition) is 6. The Morgan fingerprint density at radius 1 is 1.36 bits per heavy atom. The molecular formula is C16H20N2O6S. The highest BCUT2D eigenvalue weighted by Crippen LogP contribution is 2.23. The van der Waals surface area contributed by atoms with Gasteiger partial charge in [-0.1, -0.05) is 11.6 Å². The summed E-state index contributed by atoms with van der Waals surface area (Å²) in [5.74, 6) is -1.37. The number of carbonyl (C=O) groups is 2. The molecule has 2 fully saturated rings. The van der Waals surface area contributed by atoms with Crippen molar-refractivity contribution < 1.29 is 27.9 Å². The molecular weight excluding hydrogens is 348 g/mol. The maximum atomic E-state index is 12.5. The molecule has 136 valence electrons. The molecule has 25 heavy (non-hydrogen) atoms. The second kappa shape index (κ2) is 6.64. The summed E-state index contributed by atoms with van der Waals surface area (Å²) in [5, 5.41) is 12.4. The molecule has 3 rings (SSSR count). The molecule has 8 nitrogen and oxygen atoms in total. The second-order valence-electron chi connectivity index (χ2n) is 6.39. The van der Waals surface area contributed by atoms with Crippen LogP contribution in [-0.4, -0.2) is 73.6 Å². The van der Waals surface area contributed by atoms with Crippen LogP contribution in [0.15, 0.2) is 18.2 Å². The van der Waals surface area contributed by atoms with E-state index in [2.05, 4.69) is 5.32 Å². The van der Waals surface area contributed by atoms with Gasteiger partial charge in [-0.3, -0.25) is 4.79 Å². The van der Waals surface area contributed by atoms with Gasteiger partial charge in [0.15, 0.2) is 16.4 Å². The zero-order valence-electron chi connectivity index (χ0n) is 13.8. The number of hydrogen-bond donors (Lipinski definition) is 2. The maximum Gasteiger partial charge on any atom is 0.339 e. The minimum atomic E-state index is -3.16. The van der Waals surface area contributed by atoms with Crippen molar-refractivity contribution in [1.82, 2.24) is 10.2 Å². The highest BCUT2D eigenvalue weighted by atomic mass is 32.2. The number of carboxylic acid groups (broad SMARTS) is 1. The lowest BCUT2D eigenvalue weighted by Crippen LogP contribution is -2.59. The molecule has 0 bridgehead atoms. The first kappa shape index (κ1) is 17.7. The molecule has 0 aliphatic carbocycles. The van der Waals surface area contributed by atoms with Crippen molar-refractivity contribution in [2.24, 2.45) is 0 Å². The topological polar surface area (TPSA) is 113 Å². The number of carbonyl (C=O) groups excluding carboxylic acids is 1. The number of benzene rings is 1. The van der Waals surface area contributed by atoms with E-state index in [1.54, 1.807) is 13.0 Å². The third-order valence-electron chi connectivity index (χ3n) is 4.52. The quantitative estimate of drug-likeness (QED) is 0.748. The van der Waals surface area contributed by atoms with Gasteiger partial charge in [0.2, 0.25) is 0 Å². The Balaban J connectivity index is 1.70. The fraction of sp³-hybridized carbons (Fsp3) is 0.500. The molecule has 2 atom stereocenters. The van der Waals surface area contributed by atoms with Gasteiger partial charge in [-0.05, 0) is 19.1 Å². The van der Waals surface area contributed by atoms with E-state index in [1.165, 1.54) is 17.0 Å². The third-order valence-corrected chi connectivity index (χ3v) is 6.24. The van der Waals surface area contributed by atoms with Crippen LogP contribution < -0.4 is 10.1 Å². The van der Waals surface area contributed by atoms with Gasteiger partial charge in [0.1, 0.15) is 11.3 Å². The van der Waals surface area contributed by atoms with Crippen LogP contribution in [0.3, 0.4) is 0 Å². The van der Waals surface area contributed by atoms with Gasteiger partial charge >= 0.3 is 5.97 Å². The Hall–Kier alpha value is -2.13. The van der Waals surface area contributed by atoms with Crippen molar-refractivity contribution in [3.63, 3.8) is 0 Å². The Labute approximate surface area is 145 Å². The van der Waals surface area contributed by atoms with E-state index in [0.717, 1.165) is 5.56 Å². The molecule has 2 saturated heterocycles. The summed E-state index contributed by atoms with van der Waals surface area (Å²) in [4.78, 5) is 25.3. The van der Waals surface area contributed by atoms with E-state index in [4.69, 9.17) is 4.74 Å². The van der Waals surface area contributed by atoms with E-state index in [9.17, 15) is 23.1 Å². The fourth-order valence-corrected chi connectivity index (χ4v) is 5.29. The van der Waals surface area contributed by atoms with Crippen molar-refractivity contribution in [3.05, 3.63) is 29.3 Å². The molecule has 2 N–H and O–H groups in total. The Morgan fingerprint density at radius 3 is 2.84 bits per heavy atom. The van der Waals surface area contributed by atoms with Gasteiger partial charge in [-0.2, -0.15) is 0 Å². The lowest BCUT2D eigenvalue weighted by molar-refractivity contribution is -0.136. The van der Waals surface area contributed by atoms with Crippen molar-refractivity contribution in [2.75, 3.05) is 31.2 Å². The lowest BCUT2D eigenvalue weighted by atomic mass is 10.1. The van der Waals surface area contributed by atoms with Crippen molar-refractivity contribution >= 4 is 21.7 Å². The van der Waals surface area contributed by atoms with E-state index >= 15 is 0 Å². The predicted molar refractivity (Wildman–Crippen MR) is 89.6 cm³/mol. The zero-order valence-corrected chi connectivity index (χ0v) is 14.6. The maximum absolute atomic E-state index is 12.5. The van der Waals surface area contributed by atoms with Crippen molar-refractivity contribution in [1.29, 1.82) is 0 Å². The van der Waals surface area contributed by atoms with Crippen LogP contribution in [0.5, 0.6) is 5.75 Å². The number of piperazine rings is 1. The van der Waals surface area contributed by atoms with Crippen LogP contribution in [0.4, 0.5) is 0 Å². The molecule has 1 aromatic carbocycles. The fourth-order valence-electron chi connectivity index (χ4n) is 3.34. The minimum absolute atomic E-state index is 0.00516. The highest BCUT2D eigenvalue weighted by molar-refractivity contribution is 7.91. The summed E-state index contributed by atoms with van der Waals surface area (Å²) < 4.78 is 29.1. The standard InChI is InChI=1S/C16H20N2O6S/c1-10-2-3-14(11(6-10)16(20)21)24-7-15(19)18-5-4-17-12-8-25(22,23)9-13(12)18/h2-3,6,12-13,17H,4-5,7-9H2,1H3,(H,20,21)/t12-,13+/m1/s1. The van der Waals surface area contributed by atoms with Gasteiger partial charge in [-0.25, -0.2) is 13.2 Å². The summed E-state index contributed by atoms with van der Waals surface area (Å²) in [5.41, 5.74) is 0.770. The first-order valence-corrected chi connectivity index (χ1v) is 9.79. The first-order chi connectivity index (χ1) is 11.8. The molecule has 0 radical (unpaired) electrons. The number of rotatable bonds is 4. The molecule has 2 aliphatic heterocycles. The number of sulfone groups is 1. The lowest BCUT2D eigenvalue weighted by Gasteiger charge is -2.37. The number of nitrogens with zero attached hydrogens (tertiary/aromatic N) is 1. The van der Waals surface area contributed by atoms with Crippen LogP contribution in [0, 0.1) is 6.92 Å². The molecule has 9 heteroatoms. The van der Waals surface area contributed by atoms with Gasteiger partial charge < -0.3 is 20.1 Å². The number of carboxylic acids is 1. The van der Waals surface area contributed by atoms with E-state index in [-0.39, 0.29) is 41.4 Å². The third kappa shape index (κ3) is 3.77. The molecule has 1 amide bonds. The van der Waals surface area contributed by atoms with Gasteiger partial charge in [0.05, 0.1) is 17.5 Å². The molecule has 0 unspecified atom stereocenters. The average molecular weight is 368 g/mol. The first-order valence-electron chi connectivity index (χ1n) is 7.97. The largest absolute Gasteiger partial charge is 0.483 e. The van der Waals surface area contributed by atoms with Crippen LogP contribution in [0.2, 0.25) is 0 Å². The number of aryl methyl sites for hydroxylation is 1. The minimum Gasteiger partial charge on any atom is -0.483 e. The second-order valence-corrected chi connectivity index (χ2v) is 8.54. The number of nitrogens with one attached hydrogen (secondary N) is 1. The van der Waals surface area contributed by atoms with Crippen LogP contribution in [-0.2, 0) is 14.6 Å². The zero-order chi connectivity index (χ0) is 18.2. The predicted octanol–water partition coefficient (Wildman–Crippen LogP) is -0.331. The van der Waals surface area contributed by atoms with Gasteiger partial charge in [-0.15, -0.1) is 0 Å². The van der Waals surface area contributed by atoms with Crippen LogP contribution in [0.1, 0.15) is 15.9 Å².